The van der Waals surface area contributed by atoms with Gasteiger partial charge >= 0.3 is 0 Å². The number of nitrogens with zero attached hydrogens (tertiary/aromatic N) is 2. The molecule has 4 rings (SSSR count). The van der Waals surface area contributed by atoms with Gasteiger partial charge in [0.05, 0.1) is 42.0 Å². The molecular formula is C22H29N3O5. The van der Waals surface area contributed by atoms with Gasteiger partial charge in [-0.2, -0.15) is 0 Å². The van der Waals surface area contributed by atoms with Crippen LogP contribution in [0.1, 0.15) is 46.4 Å². The zero-order valence-electron chi connectivity index (χ0n) is 17.4. The fourth-order valence-corrected chi connectivity index (χ4v) is 4.57. The first-order chi connectivity index (χ1) is 14.6. The summed E-state index contributed by atoms with van der Waals surface area (Å²) in [6.45, 7) is 3.23. The van der Waals surface area contributed by atoms with E-state index in [1.165, 1.54) is 4.90 Å². The SMILES string of the molecule is COCCNC(=O)[C@@H]1CCCN(c2cccc3c2C(=O)N(C[C@H]2CCCO2)C3=O)C1. The van der Waals surface area contributed by atoms with Crippen molar-refractivity contribution >= 4 is 23.4 Å². The Morgan fingerprint density at radius 2 is 2.10 bits per heavy atom. The lowest BCUT2D eigenvalue weighted by atomic mass is 9.95. The minimum atomic E-state index is -0.257. The predicted octanol–water partition coefficient (Wildman–Crippen LogP) is 1.44. The quantitative estimate of drug-likeness (QED) is 0.536. The van der Waals surface area contributed by atoms with E-state index < -0.39 is 0 Å². The van der Waals surface area contributed by atoms with E-state index in [9.17, 15) is 14.4 Å². The van der Waals surface area contributed by atoms with Gasteiger partial charge in [-0.25, -0.2) is 0 Å². The molecule has 0 bridgehead atoms. The van der Waals surface area contributed by atoms with Crippen LogP contribution in [-0.2, 0) is 14.3 Å². The Morgan fingerprint density at radius 3 is 2.87 bits per heavy atom. The topological polar surface area (TPSA) is 88.2 Å². The van der Waals surface area contributed by atoms with Crippen molar-refractivity contribution in [2.24, 2.45) is 5.92 Å². The van der Waals surface area contributed by atoms with Gasteiger partial charge in [-0.3, -0.25) is 19.3 Å². The smallest absolute Gasteiger partial charge is 0.263 e. The molecular weight excluding hydrogens is 386 g/mol. The lowest BCUT2D eigenvalue weighted by Gasteiger charge is -2.34. The van der Waals surface area contributed by atoms with Crippen LogP contribution in [0.4, 0.5) is 5.69 Å². The third-order valence-corrected chi connectivity index (χ3v) is 6.13. The van der Waals surface area contributed by atoms with Gasteiger partial charge in [0.15, 0.2) is 0 Å². The van der Waals surface area contributed by atoms with Crippen LogP contribution in [0.3, 0.4) is 0 Å². The second kappa shape index (κ2) is 9.14. The van der Waals surface area contributed by atoms with Crippen molar-refractivity contribution in [1.29, 1.82) is 0 Å². The van der Waals surface area contributed by atoms with E-state index in [4.69, 9.17) is 9.47 Å². The van der Waals surface area contributed by atoms with E-state index in [-0.39, 0.29) is 29.7 Å². The number of carbonyl (C=O) groups excluding carboxylic acids is 3. The number of hydrogen-bond donors (Lipinski definition) is 1. The number of ether oxygens (including phenoxy) is 2. The standard InChI is InChI=1S/C22H29N3O5/c1-29-12-9-23-20(26)15-5-3-10-24(13-15)18-8-2-7-17-19(18)22(28)25(21(17)27)14-16-6-4-11-30-16/h2,7-8,15-16H,3-6,9-14H2,1H3,(H,23,26)/t15-,16-/m1/s1. The molecule has 0 aromatic heterocycles. The van der Waals surface area contributed by atoms with Gasteiger partial charge in [0.2, 0.25) is 5.91 Å². The molecule has 3 aliphatic heterocycles. The number of benzene rings is 1. The molecule has 3 amide bonds. The number of nitrogens with one attached hydrogen (secondary N) is 1. The Kier molecular flexibility index (Phi) is 6.34. The van der Waals surface area contributed by atoms with Crippen LogP contribution in [0.2, 0.25) is 0 Å². The molecule has 3 heterocycles. The molecule has 0 radical (unpaired) electrons. The van der Waals surface area contributed by atoms with Crippen LogP contribution in [-0.4, -0.2) is 75.2 Å². The van der Waals surface area contributed by atoms with Crippen LogP contribution in [0.25, 0.3) is 0 Å². The molecule has 3 aliphatic rings. The van der Waals surface area contributed by atoms with E-state index in [0.717, 1.165) is 37.9 Å². The van der Waals surface area contributed by atoms with E-state index in [2.05, 4.69) is 10.2 Å². The summed E-state index contributed by atoms with van der Waals surface area (Å²) in [5, 5.41) is 2.91. The highest BCUT2D eigenvalue weighted by atomic mass is 16.5. The highest BCUT2D eigenvalue weighted by Gasteiger charge is 2.40. The number of hydrogen-bond acceptors (Lipinski definition) is 6. The molecule has 0 aliphatic carbocycles. The van der Waals surface area contributed by atoms with E-state index >= 15 is 0 Å². The third kappa shape index (κ3) is 4.06. The van der Waals surface area contributed by atoms with Gasteiger partial charge in [0.25, 0.3) is 11.8 Å². The van der Waals surface area contributed by atoms with Crippen LogP contribution >= 0.6 is 0 Å². The second-order valence-corrected chi connectivity index (χ2v) is 8.12. The van der Waals surface area contributed by atoms with Gasteiger partial charge < -0.3 is 19.7 Å². The molecule has 1 aromatic carbocycles. The average molecular weight is 415 g/mol. The van der Waals surface area contributed by atoms with Crippen molar-refractivity contribution in [1.82, 2.24) is 10.2 Å². The third-order valence-electron chi connectivity index (χ3n) is 6.13. The van der Waals surface area contributed by atoms with Crippen molar-refractivity contribution in [2.75, 3.05) is 51.4 Å². The summed E-state index contributed by atoms with van der Waals surface area (Å²) in [5.41, 5.74) is 1.65. The number of amides is 3. The van der Waals surface area contributed by atoms with Crippen LogP contribution < -0.4 is 10.2 Å². The fraction of sp³-hybridized carbons (Fsp3) is 0.591. The van der Waals surface area contributed by atoms with Crippen molar-refractivity contribution in [3.63, 3.8) is 0 Å². The van der Waals surface area contributed by atoms with Gasteiger partial charge in [-0.15, -0.1) is 0 Å². The van der Waals surface area contributed by atoms with Crippen molar-refractivity contribution in [3.05, 3.63) is 29.3 Å². The molecule has 2 fully saturated rings. The maximum atomic E-state index is 13.2. The molecule has 2 saturated heterocycles. The van der Waals surface area contributed by atoms with Crippen LogP contribution in [0.15, 0.2) is 18.2 Å². The number of fused-ring (bicyclic) bond motifs is 1. The molecule has 0 unspecified atom stereocenters. The summed E-state index contributed by atoms with van der Waals surface area (Å²) in [6.07, 6.45) is 3.41. The predicted molar refractivity (Wildman–Crippen MR) is 111 cm³/mol. The Hall–Kier alpha value is -2.45. The molecule has 162 valence electrons. The zero-order valence-corrected chi connectivity index (χ0v) is 17.4. The summed E-state index contributed by atoms with van der Waals surface area (Å²) in [6, 6.07) is 5.41. The number of piperidine rings is 1. The summed E-state index contributed by atoms with van der Waals surface area (Å²) >= 11 is 0. The van der Waals surface area contributed by atoms with Gasteiger partial charge in [0.1, 0.15) is 0 Å². The fourth-order valence-electron chi connectivity index (χ4n) is 4.57. The summed E-state index contributed by atoms with van der Waals surface area (Å²) in [5.74, 6) is -0.653. The average Bonchev–Trinajstić information content (AvgIpc) is 3.37. The lowest BCUT2D eigenvalue weighted by molar-refractivity contribution is -0.125. The monoisotopic (exact) mass is 415 g/mol. The molecule has 0 spiro atoms. The first-order valence-corrected chi connectivity index (χ1v) is 10.7. The van der Waals surface area contributed by atoms with Crippen molar-refractivity contribution in [2.45, 2.75) is 31.8 Å². The maximum Gasteiger partial charge on any atom is 0.263 e. The Bertz CT molecular complexity index is 821. The van der Waals surface area contributed by atoms with Gasteiger partial charge in [0, 0.05) is 33.4 Å². The normalized spacial score (nSPS) is 23.8. The van der Waals surface area contributed by atoms with E-state index in [1.54, 1.807) is 13.2 Å². The molecule has 0 saturated carbocycles. The Balaban J connectivity index is 1.50. The lowest BCUT2D eigenvalue weighted by Crippen LogP contribution is -2.44. The summed E-state index contributed by atoms with van der Waals surface area (Å²) in [7, 11) is 1.60. The first-order valence-electron chi connectivity index (χ1n) is 10.7. The molecule has 1 aromatic rings. The number of methoxy groups -OCH3 is 1. The van der Waals surface area contributed by atoms with Crippen LogP contribution in [0.5, 0.6) is 0 Å². The maximum absolute atomic E-state index is 13.2. The molecule has 30 heavy (non-hydrogen) atoms. The Morgan fingerprint density at radius 1 is 1.23 bits per heavy atom. The highest BCUT2D eigenvalue weighted by molar-refractivity contribution is 6.23. The number of anilines is 1. The van der Waals surface area contributed by atoms with Gasteiger partial charge in [-0.05, 0) is 37.8 Å². The second-order valence-electron chi connectivity index (χ2n) is 8.12. The zero-order chi connectivity index (χ0) is 21.1. The summed E-state index contributed by atoms with van der Waals surface area (Å²) in [4.78, 5) is 42.0. The minimum absolute atomic E-state index is 0.00624. The van der Waals surface area contributed by atoms with Gasteiger partial charge in [-0.1, -0.05) is 6.07 Å². The van der Waals surface area contributed by atoms with Crippen LogP contribution in [0, 0.1) is 5.92 Å². The van der Waals surface area contributed by atoms with Crippen molar-refractivity contribution < 1.29 is 23.9 Å². The number of imide groups is 1. The largest absolute Gasteiger partial charge is 0.383 e. The summed E-state index contributed by atoms with van der Waals surface area (Å²) < 4.78 is 10.6. The Labute approximate surface area is 176 Å². The number of carbonyl (C=O) groups is 3. The van der Waals surface area contributed by atoms with Crippen molar-refractivity contribution in [3.8, 4) is 0 Å². The molecule has 2 atom stereocenters. The molecule has 1 N–H and O–H groups in total. The van der Waals surface area contributed by atoms with E-state index in [0.29, 0.717) is 44.0 Å². The highest BCUT2D eigenvalue weighted by Crippen LogP contribution is 2.34. The number of rotatable bonds is 7. The molecule has 8 nitrogen and oxygen atoms in total. The first kappa shape index (κ1) is 20.8. The minimum Gasteiger partial charge on any atom is -0.383 e. The van der Waals surface area contributed by atoms with E-state index in [1.807, 2.05) is 12.1 Å². The molecule has 8 heteroatoms.